The minimum absolute atomic E-state index is 0.250. The van der Waals surface area contributed by atoms with Crippen LogP contribution >= 0.6 is 11.8 Å². The lowest BCUT2D eigenvalue weighted by molar-refractivity contribution is -0.274. The molecule has 0 atom stereocenters. The van der Waals surface area contributed by atoms with Gasteiger partial charge in [0.25, 0.3) is 0 Å². The van der Waals surface area contributed by atoms with Crippen LogP contribution in [-0.4, -0.2) is 27.6 Å². The molecule has 5 nitrogen and oxygen atoms in total. The minimum Gasteiger partial charge on any atom is -0.406 e. The third kappa shape index (κ3) is 4.35. The molecule has 0 saturated carbocycles. The molecule has 0 radical (unpaired) electrons. The van der Waals surface area contributed by atoms with E-state index in [1.165, 1.54) is 36.0 Å². The van der Waals surface area contributed by atoms with Gasteiger partial charge >= 0.3 is 6.36 Å². The maximum atomic E-state index is 12.3. The predicted molar refractivity (Wildman–Crippen MR) is 93.9 cm³/mol. The standard InChI is InChI=1S/C18H11F3N4OS/c1-27-17-14(9-22)15(24-16(25-17)12-3-2-8-23-10-12)11-4-6-13(7-5-11)26-18(19,20)21/h2-8,10H,1H3. The van der Waals surface area contributed by atoms with Crippen molar-refractivity contribution in [2.45, 2.75) is 11.4 Å². The van der Waals surface area contributed by atoms with E-state index in [9.17, 15) is 18.4 Å². The third-order valence-electron chi connectivity index (χ3n) is 3.46. The van der Waals surface area contributed by atoms with Crippen molar-refractivity contribution in [3.63, 3.8) is 0 Å². The summed E-state index contributed by atoms with van der Waals surface area (Å²) in [5.41, 5.74) is 1.72. The summed E-state index contributed by atoms with van der Waals surface area (Å²) < 4.78 is 40.9. The van der Waals surface area contributed by atoms with Gasteiger partial charge in [0.1, 0.15) is 22.4 Å². The quantitative estimate of drug-likeness (QED) is 0.477. The molecule has 1 aromatic carbocycles. The van der Waals surface area contributed by atoms with Crippen LogP contribution in [-0.2, 0) is 0 Å². The molecular formula is C18H11F3N4OS. The molecule has 0 unspecified atom stereocenters. The summed E-state index contributed by atoms with van der Waals surface area (Å²) in [4.78, 5) is 12.9. The lowest BCUT2D eigenvalue weighted by Gasteiger charge is -2.12. The van der Waals surface area contributed by atoms with Crippen molar-refractivity contribution in [1.29, 1.82) is 5.26 Å². The van der Waals surface area contributed by atoms with Crippen LogP contribution in [0, 0.1) is 11.3 Å². The van der Waals surface area contributed by atoms with E-state index in [2.05, 4.69) is 25.8 Å². The lowest BCUT2D eigenvalue weighted by Crippen LogP contribution is -2.16. The number of pyridine rings is 1. The van der Waals surface area contributed by atoms with Crippen LogP contribution in [0.3, 0.4) is 0 Å². The Balaban J connectivity index is 2.10. The van der Waals surface area contributed by atoms with Crippen molar-refractivity contribution in [3.05, 3.63) is 54.4 Å². The topological polar surface area (TPSA) is 71.7 Å². The molecule has 3 rings (SSSR count). The van der Waals surface area contributed by atoms with Crippen LogP contribution in [0.2, 0.25) is 0 Å². The van der Waals surface area contributed by atoms with Crippen LogP contribution in [0.15, 0.2) is 53.8 Å². The average Bonchev–Trinajstić information content (AvgIpc) is 2.67. The molecule has 0 aliphatic heterocycles. The van der Waals surface area contributed by atoms with Crippen molar-refractivity contribution in [3.8, 4) is 34.5 Å². The SMILES string of the molecule is CSc1nc(-c2cccnc2)nc(-c2ccc(OC(F)(F)F)cc2)c1C#N. The molecule has 2 heterocycles. The highest BCUT2D eigenvalue weighted by Crippen LogP contribution is 2.32. The number of ether oxygens (including phenoxy) is 1. The summed E-state index contributed by atoms with van der Waals surface area (Å²) in [6.45, 7) is 0. The molecule has 136 valence electrons. The first-order valence-electron chi connectivity index (χ1n) is 7.54. The Morgan fingerprint density at radius 2 is 1.81 bits per heavy atom. The number of nitrogens with zero attached hydrogens (tertiary/aromatic N) is 4. The van der Waals surface area contributed by atoms with E-state index in [0.717, 1.165) is 0 Å². The number of thioether (sulfide) groups is 1. The van der Waals surface area contributed by atoms with E-state index in [0.29, 0.717) is 27.7 Å². The van der Waals surface area contributed by atoms with Gasteiger partial charge in [-0.3, -0.25) is 4.98 Å². The molecule has 2 aromatic heterocycles. The van der Waals surface area contributed by atoms with Gasteiger partial charge in [-0.05, 0) is 42.7 Å². The molecule has 3 aromatic rings. The molecule has 0 bridgehead atoms. The fourth-order valence-corrected chi connectivity index (χ4v) is 2.86. The first-order chi connectivity index (χ1) is 12.9. The zero-order chi connectivity index (χ0) is 19.4. The smallest absolute Gasteiger partial charge is 0.406 e. The van der Waals surface area contributed by atoms with Gasteiger partial charge in [-0.15, -0.1) is 24.9 Å². The van der Waals surface area contributed by atoms with Crippen molar-refractivity contribution < 1.29 is 17.9 Å². The normalized spacial score (nSPS) is 11.1. The van der Waals surface area contributed by atoms with Crippen LogP contribution in [0.4, 0.5) is 13.2 Å². The van der Waals surface area contributed by atoms with Gasteiger partial charge in [-0.25, -0.2) is 9.97 Å². The Labute approximate surface area is 156 Å². The number of halogens is 3. The van der Waals surface area contributed by atoms with E-state index in [1.807, 2.05) is 0 Å². The molecule has 0 amide bonds. The van der Waals surface area contributed by atoms with Gasteiger partial charge in [0, 0.05) is 23.5 Å². The van der Waals surface area contributed by atoms with Crippen LogP contribution in [0.5, 0.6) is 5.75 Å². The Kier molecular flexibility index (Phi) is 5.28. The van der Waals surface area contributed by atoms with E-state index in [1.54, 1.807) is 30.8 Å². The fourth-order valence-electron chi connectivity index (χ4n) is 2.34. The molecule has 0 N–H and O–H groups in total. The van der Waals surface area contributed by atoms with Gasteiger partial charge in [0.05, 0.1) is 5.69 Å². The number of nitriles is 1. The van der Waals surface area contributed by atoms with E-state index in [4.69, 9.17) is 0 Å². The van der Waals surface area contributed by atoms with E-state index < -0.39 is 6.36 Å². The zero-order valence-corrected chi connectivity index (χ0v) is 14.7. The summed E-state index contributed by atoms with van der Waals surface area (Å²) in [6.07, 6.45) is 0.215. The molecule has 9 heteroatoms. The summed E-state index contributed by atoms with van der Waals surface area (Å²) in [7, 11) is 0. The molecule has 0 fully saturated rings. The largest absolute Gasteiger partial charge is 0.573 e. The molecule has 27 heavy (non-hydrogen) atoms. The monoisotopic (exact) mass is 388 g/mol. The summed E-state index contributed by atoms with van der Waals surface area (Å²) >= 11 is 1.28. The molecule has 0 spiro atoms. The molecule has 0 aliphatic carbocycles. The van der Waals surface area contributed by atoms with Gasteiger partial charge in [-0.2, -0.15) is 5.26 Å². The van der Waals surface area contributed by atoms with E-state index in [-0.39, 0.29) is 11.3 Å². The second-order valence-electron chi connectivity index (χ2n) is 5.21. The Morgan fingerprint density at radius 1 is 1.07 bits per heavy atom. The van der Waals surface area contributed by atoms with Crippen molar-refractivity contribution in [2.75, 3.05) is 6.26 Å². The summed E-state index contributed by atoms with van der Waals surface area (Å²) in [5, 5.41) is 10.0. The number of rotatable bonds is 4. The van der Waals surface area contributed by atoms with Crippen molar-refractivity contribution >= 4 is 11.8 Å². The Morgan fingerprint density at radius 3 is 2.37 bits per heavy atom. The number of benzene rings is 1. The fraction of sp³-hybridized carbons (Fsp3) is 0.111. The maximum absolute atomic E-state index is 12.3. The van der Waals surface area contributed by atoms with Crippen molar-refractivity contribution in [1.82, 2.24) is 15.0 Å². The third-order valence-corrected chi connectivity index (χ3v) is 4.14. The predicted octanol–water partition coefficient (Wildman–Crippen LogP) is 4.70. The lowest BCUT2D eigenvalue weighted by atomic mass is 10.1. The molecule has 0 aliphatic rings. The second-order valence-corrected chi connectivity index (χ2v) is 6.00. The molecule has 0 saturated heterocycles. The van der Waals surface area contributed by atoms with Crippen molar-refractivity contribution in [2.24, 2.45) is 0 Å². The van der Waals surface area contributed by atoms with E-state index >= 15 is 0 Å². The average molecular weight is 388 g/mol. The highest BCUT2D eigenvalue weighted by atomic mass is 32.2. The number of alkyl halides is 3. The van der Waals surface area contributed by atoms with Crippen LogP contribution in [0.1, 0.15) is 5.56 Å². The Bertz CT molecular complexity index is 986. The zero-order valence-electron chi connectivity index (χ0n) is 13.9. The number of hydrogen-bond acceptors (Lipinski definition) is 6. The first kappa shape index (κ1) is 18.7. The maximum Gasteiger partial charge on any atom is 0.573 e. The highest BCUT2D eigenvalue weighted by molar-refractivity contribution is 7.98. The van der Waals surface area contributed by atoms with Gasteiger partial charge in [0.15, 0.2) is 5.82 Å². The molecular weight excluding hydrogens is 377 g/mol. The highest BCUT2D eigenvalue weighted by Gasteiger charge is 2.31. The number of aromatic nitrogens is 3. The second kappa shape index (κ2) is 7.63. The number of hydrogen-bond donors (Lipinski definition) is 0. The van der Waals surface area contributed by atoms with Gasteiger partial charge < -0.3 is 4.74 Å². The minimum atomic E-state index is -4.77. The van der Waals surface area contributed by atoms with Crippen LogP contribution in [0.25, 0.3) is 22.6 Å². The summed E-state index contributed by atoms with van der Waals surface area (Å²) in [6, 6.07) is 10.8. The van der Waals surface area contributed by atoms with Gasteiger partial charge in [0.2, 0.25) is 0 Å². The first-order valence-corrected chi connectivity index (χ1v) is 8.76. The summed E-state index contributed by atoms with van der Waals surface area (Å²) in [5.74, 6) is 0.0217. The van der Waals surface area contributed by atoms with Crippen LogP contribution < -0.4 is 4.74 Å². The van der Waals surface area contributed by atoms with Gasteiger partial charge in [-0.1, -0.05) is 0 Å². The Hall–Kier alpha value is -3.12.